The summed E-state index contributed by atoms with van der Waals surface area (Å²) in [4.78, 5) is 23.7. The van der Waals surface area contributed by atoms with Crippen molar-refractivity contribution in [1.82, 2.24) is 0 Å². The van der Waals surface area contributed by atoms with Gasteiger partial charge in [0.1, 0.15) is 30.9 Å². The first-order valence-corrected chi connectivity index (χ1v) is 9.91. The number of Topliss-reactive ketones (excluding diaryl/α,β-unsaturated/α-hetero) is 1. The molecule has 0 saturated heterocycles. The Balaban J connectivity index is 5.48. The van der Waals surface area contributed by atoms with Crippen LogP contribution in [0.4, 0.5) is 0 Å². The Labute approximate surface area is 119 Å². The highest BCUT2D eigenvalue weighted by atomic mass is 32.2. The zero-order valence-electron chi connectivity index (χ0n) is 12.0. The molecule has 0 radical (unpaired) electrons. The molecule has 0 aromatic heterocycles. The van der Waals surface area contributed by atoms with Crippen molar-refractivity contribution in [3.63, 3.8) is 0 Å². The highest BCUT2D eigenvalue weighted by molar-refractivity contribution is 7.90. The van der Waals surface area contributed by atoms with Crippen LogP contribution in [0.25, 0.3) is 0 Å². The molecule has 0 amide bonds. The van der Waals surface area contributed by atoms with Crippen LogP contribution in [-0.2, 0) is 34.0 Å². The molecule has 0 N–H and O–H groups in total. The molecule has 0 rings (SSSR count). The number of hydrogen-bond donors (Lipinski definition) is 0. The average molecular weight is 328 g/mol. The van der Waals surface area contributed by atoms with E-state index in [0.29, 0.717) is 0 Å². The molecule has 0 atom stereocenters. The smallest absolute Gasteiger partial charge is 0.319 e. The second kappa shape index (κ2) is 6.66. The normalized spacial score (nSPS) is 13.0. The van der Waals surface area contributed by atoms with Crippen LogP contribution in [-0.4, -0.2) is 59.7 Å². The van der Waals surface area contributed by atoms with Crippen LogP contribution in [0.1, 0.15) is 19.8 Å². The van der Waals surface area contributed by atoms with Gasteiger partial charge in [-0.1, -0.05) is 0 Å². The number of ether oxygens (including phenoxy) is 1. The molecule has 9 heteroatoms. The third-order valence-corrected chi connectivity index (χ3v) is 4.94. The van der Waals surface area contributed by atoms with Gasteiger partial charge in [0, 0.05) is 12.5 Å². The molecular formula is C11H20O7S2. The number of carbonyl (C=O) groups excluding carboxylic acids is 2. The first-order chi connectivity index (χ1) is 8.84. The van der Waals surface area contributed by atoms with Gasteiger partial charge in [0.2, 0.25) is 0 Å². The Kier molecular flexibility index (Phi) is 6.34. The van der Waals surface area contributed by atoms with Crippen molar-refractivity contribution in [1.29, 1.82) is 0 Å². The summed E-state index contributed by atoms with van der Waals surface area (Å²) >= 11 is 0. The lowest BCUT2D eigenvalue weighted by molar-refractivity contribution is -0.157. The van der Waals surface area contributed by atoms with E-state index in [1.165, 1.54) is 0 Å². The Hall–Kier alpha value is -0.960. The molecule has 0 heterocycles. The molecule has 118 valence electrons. The van der Waals surface area contributed by atoms with Crippen LogP contribution in [0.2, 0.25) is 0 Å². The average Bonchev–Trinajstić information content (AvgIpc) is 2.25. The van der Waals surface area contributed by atoms with E-state index in [1.54, 1.807) is 0 Å². The van der Waals surface area contributed by atoms with E-state index in [9.17, 15) is 26.4 Å². The Morgan fingerprint density at radius 1 is 0.950 bits per heavy atom. The van der Waals surface area contributed by atoms with Gasteiger partial charge in [-0.15, -0.1) is 0 Å². The maximum absolute atomic E-state index is 11.9. The Bertz CT molecular complexity index is 536. The van der Waals surface area contributed by atoms with E-state index in [4.69, 9.17) is 0 Å². The lowest BCUT2D eigenvalue weighted by atomic mass is 9.79. The van der Waals surface area contributed by atoms with Gasteiger partial charge in [-0.2, -0.15) is 0 Å². The van der Waals surface area contributed by atoms with Gasteiger partial charge < -0.3 is 4.74 Å². The van der Waals surface area contributed by atoms with Gasteiger partial charge >= 0.3 is 5.97 Å². The van der Waals surface area contributed by atoms with Crippen LogP contribution < -0.4 is 0 Å². The van der Waals surface area contributed by atoms with Crippen LogP contribution in [0, 0.1) is 5.41 Å². The summed E-state index contributed by atoms with van der Waals surface area (Å²) in [5.74, 6) is -2.30. The van der Waals surface area contributed by atoms with Crippen LogP contribution in [0.15, 0.2) is 0 Å². The molecule has 7 nitrogen and oxygen atoms in total. The monoisotopic (exact) mass is 328 g/mol. The van der Waals surface area contributed by atoms with E-state index in [-0.39, 0.29) is 12.8 Å². The molecule has 20 heavy (non-hydrogen) atoms. The summed E-state index contributed by atoms with van der Waals surface area (Å²) in [7, 11) is -5.72. The summed E-state index contributed by atoms with van der Waals surface area (Å²) in [6.45, 7) is 1.13. The van der Waals surface area contributed by atoms with Gasteiger partial charge in [-0.25, -0.2) is 16.8 Å². The van der Waals surface area contributed by atoms with E-state index in [0.717, 1.165) is 26.5 Å². The van der Waals surface area contributed by atoms with E-state index in [2.05, 4.69) is 4.74 Å². The van der Waals surface area contributed by atoms with Crippen molar-refractivity contribution in [2.45, 2.75) is 19.8 Å². The zero-order valence-corrected chi connectivity index (χ0v) is 13.6. The van der Waals surface area contributed by atoms with Gasteiger partial charge in [0.25, 0.3) is 0 Å². The third kappa shape index (κ3) is 6.00. The highest BCUT2D eigenvalue weighted by Gasteiger charge is 2.45. The highest BCUT2D eigenvalue weighted by Crippen LogP contribution is 2.31. The van der Waals surface area contributed by atoms with E-state index < -0.39 is 48.3 Å². The second-order valence-electron chi connectivity index (χ2n) is 4.89. The van der Waals surface area contributed by atoms with Gasteiger partial charge in [0.15, 0.2) is 0 Å². The molecular weight excluding hydrogens is 308 g/mol. The first-order valence-electron chi connectivity index (χ1n) is 5.79. The molecule has 0 aromatic carbocycles. The van der Waals surface area contributed by atoms with Gasteiger partial charge in [0.05, 0.1) is 18.6 Å². The fourth-order valence-electron chi connectivity index (χ4n) is 1.74. The van der Waals surface area contributed by atoms with Crippen LogP contribution in [0.3, 0.4) is 0 Å². The number of rotatable bonds is 8. The number of sulfone groups is 2. The predicted octanol–water partition coefficient (Wildman–Crippen LogP) is -0.396. The lowest BCUT2D eigenvalue weighted by Gasteiger charge is -2.27. The van der Waals surface area contributed by atoms with Crippen molar-refractivity contribution >= 4 is 31.4 Å². The Morgan fingerprint density at radius 3 is 1.50 bits per heavy atom. The van der Waals surface area contributed by atoms with Gasteiger partial charge in [-0.05, 0) is 19.8 Å². The largest absolute Gasteiger partial charge is 0.468 e. The molecule has 0 unspecified atom stereocenters. The summed E-state index contributed by atoms with van der Waals surface area (Å²) in [6.07, 6.45) is 1.38. The number of methoxy groups -OCH3 is 1. The molecule has 0 fully saturated rings. The van der Waals surface area contributed by atoms with E-state index >= 15 is 0 Å². The lowest BCUT2D eigenvalue weighted by Crippen LogP contribution is -2.42. The van der Waals surface area contributed by atoms with Crippen molar-refractivity contribution in [2.24, 2.45) is 5.41 Å². The van der Waals surface area contributed by atoms with Gasteiger partial charge in [-0.3, -0.25) is 9.59 Å². The molecule has 0 saturated carbocycles. The number of carbonyl (C=O) groups is 2. The maximum Gasteiger partial charge on any atom is 0.319 e. The van der Waals surface area contributed by atoms with Crippen molar-refractivity contribution in [3.05, 3.63) is 0 Å². The topological polar surface area (TPSA) is 112 Å². The summed E-state index contributed by atoms with van der Waals surface area (Å²) in [5, 5.41) is 0. The van der Waals surface area contributed by atoms with Crippen molar-refractivity contribution < 1.29 is 31.2 Å². The second-order valence-corrected chi connectivity index (χ2v) is 9.41. The zero-order chi connectivity index (χ0) is 16.2. The minimum atomic E-state index is -3.40. The van der Waals surface area contributed by atoms with Crippen molar-refractivity contribution in [2.75, 3.05) is 31.1 Å². The maximum atomic E-state index is 11.9. The summed E-state index contributed by atoms with van der Waals surface area (Å²) in [6, 6.07) is 0. The summed E-state index contributed by atoms with van der Waals surface area (Å²) < 4.78 is 49.5. The predicted molar refractivity (Wildman–Crippen MR) is 73.8 cm³/mol. The molecule has 0 aliphatic carbocycles. The molecule has 0 bridgehead atoms. The first kappa shape index (κ1) is 19.0. The van der Waals surface area contributed by atoms with Crippen LogP contribution in [0.5, 0.6) is 0 Å². The standard InChI is InChI=1S/C11H20O7S2/c1-9(12)11(10(13)18-2,5-7-19(3,14)15)6-8-20(4,16)17/h5-8H2,1-4H3. The molecule has 0 aliphatic heterocycles. The fraction of sp³-hybridized carbons (Fsp3) is 0.818. The molecule has 0 spiro atoms. The minimum Gasteiger partial charge on any atom is -0.468 e. The van der Waals surface area contributed by atoms with E-state index in [1.807, 2.05) is 0 Å². The third-order valence-electron chi connectivity index (χ3n) is 3.05. The van der Waals surface area contributed by atoms with Crippen LogP contribution >= 0.6 is 0 Å². The number of esters is 1. The Morgan fingerprint density at radius 2 is 1.30 bits per heavy atom. The SMILES string of the molecule is COC(=O)C(CCS(C)(=O)=O)(CCS(C)(=O)=O)C(C)=O. The molecule has 0 aromatic rings. The van der Waals surface area contributed by atoms with Crippen molar-refractivity contribution in [3.8, 4) is 0 Å². The fourth-order valence-corrected chi connectivity index (χ4v) is 3.18. The number of ketones is 1. The summed E-state index contributed by atoms with van der Waals surface area (Å²) in [5.41, 5.74) is -1.74. The molecule has 0 aliphatic rings. The quantitative estimate of drug-likeness (QED) is 0.440. The number of hydrogen-bond acceptors (Lipinski definition) is 7. The minimum absolute atomic E-state index is 0.288.